The molecule has 0 aromatic heterocycles. The van der Waals surface area contributed by atoms with Gasteiger partial charge in [0.25, 0.3) is 5.91 Å². The summed E-state index contributed by atoms with van der Waals surface area (Å²) in [6.45, 7) is 4.54. The predicted octanol–water partition coefficient (Wildman–Crippen LogP) is 3.30. The highest BCUT2D eigenvalue weighted by Crippen LogP contribution is 2.31. The maximum atomic E-state index is 13.0. The van der Waals surface area contributed by atoms with Crippen LogP contribution >= 0.6 is 0 Å². The number of benzene rings is 2. The summed E-state index contributed by atoms with van der Waals surface area (Å²) >= 11 is 0. The molecule has 0 unspecified atom stereocenters. The normalized spacial score (nSPS) is 14.4. The lowest BCUT2D eigenvalue weighted by Gasteiger charge is -2.30. The van der Waals surface area contributed by atoms with Gasteiger partial charge in [0.15, 0.2) is 9.84 Å². The van der Waals surface area contributed by atoms with E-state index >= 15 is 0 Å². The first-order valence-corrected chi connectivity index (χ1v) is 9.88. The average Bonchev–Trinajstić information content (AvgIpc) is 2.51. The van der Waals surface area contributed by atoms with Crippen LogP contribution in [0.15, 0.2) is 41.3 Å². The standard InChI is InChI=1S/C19H21NO3S/c1-13-9-14(2)11-16(10-13)19(21)20-8-4-5-15-6-7-17(12-18(15)20)24(3,22)23/h6-7,9-12H,4-5,8H2,1-3H3. The molecular formula is C19H21NO3S. The van der Waals surface area contributed by atoms with Crippen LogP contribution in [-0.4, -0.2) is 27.1 Å². The summed E-state index contributed by atoms with van der Waals surface area (Å²) in [5.41, 5.74) is 4.46. The van der Waals surface area contributed by atoms with Crippen LogP contribution in [0.2, 0.25) is 0 Å². The van der Waals surface area contributed by atoms with Crippen LogP contribution in [-0.2, 0) is 16.3 Å². The molecule has 2 aromatic carbocycles. The number of rotatable bonds is 2. The van der Waals surface area contributed by atoms with Crippen molar-refractivity contribution in [3.05, 3.63) is 58.7 Å². The molecule has 1 aliphatic heterocycles. The van der Waals surface area contributed by atoms with Crippen LogP contribution < -0.4 is 4.90 Å². The number of anilines is 1. The number of fused-ring (bicyclic) bond motifs is 1. The number of sulfone groups is 1. The Morgan fingerprint density at radius 3 is 2.33 bits per heavy atom. The number of nitrogens with zero attached hydrogens (tertiary/aromatic N) is 1. The summed E-state index contributed by atoms with van der Waals surface area (Å²) < 4.78 is 23.7. The fourth-order valence-electron chi connectivity index (χ4n) is 3.25. The van der Waals surface area contributed by atoms with Gasteiger partial charge in [0.1, 0.15) is 0 Å². The minimum absolute atomic E-state index is 0.0756. The van der Waals surface area contributed by atoms with Crippen LogP contribution in [0.4, 0.5) is 5.69 Å². The Balaban J connectivity index is 2.06. The van der Waals surface area contributed by atoms with Crippen LogP contribution in [0.25, 0.3) is 0 Å². The third kappa shape index (κ3) is 3.22. The minimum Gasteiger partial charge on any atom is -0.308 e. The van der Waals surface area contributed by atoms with Gasteiger partial charge >= 0.3 is 0 Å². The van der Waals surface area contributed by atoms with Gasteiger partial charge in [0, 0.05) is 24.1 Å². The third-order valence-corrected chi connectivity index (χ3v) is 5.43. The van der Waals surface area contributed by atoms with E-state index in [-0.39, 0.29) is 10.8 Å². The highest BCUT2D eigenvalue weighted by Gasteiger charge is 2.25. The Morgan fingerprint density at radius 1 is 1.04 bits per heavy atom. The maximum absolute atomic E-state index is 13.0. The summed E-state index contributed by atoms with van der Waals surface area (Å²) in [6, 6.07) is 10.9. The smallest absolute Gasteiger partial charge is 0.258 e. The molecule has 2 aromatic rings. The molecule has 3 rings (SSSR count). The molecule has 1 aliphatic rings. The quantitative estimate of drug-likeness (QED) is 0.841. The van der Waals surface area contributed by atoms with E-state index in [1.165, 1.54) is 6.26 Å². The average molecular weight is 343 g/mol. The predicted molar refractivity (Wildman–Crippen MR) is 95.5 cm³/mol. The van der Waals surface area contributed by atoms with Gasteiger partial charge in [-0.3, -0.25) is 4.79 Å². The van der Waals surface area contributed by atoms with Crippen molar-refractivity contribution in [3.8, 4) is 0 Å². The van der Waals surface area contributed by atoms with Gasteiger partial charge in [-0.05, 0) is 56.5 Å². The van der Waals surface area contributed by atoms with E-state index in [1.807, 2.05) is 38.1 Å². The Morgan fingerprint density at radius 2 is 1.71 bits per heavy atom. The summed E-state index contributed by atoms with van der Waals surface area (Å²) in [7, 11) is -3.30. The molecule has 24 heavy (non-hydrogen) atoms. The summed E-state index contributed by atoms with van der Waals surface area (Å²) in [5.74, 6) is -0.0756. The second-order valence-electron chi connectivity index (χ2n) is 6.50. The van der Waals surface area contributed by atoms with Crippen molar-refractivity contribution >= 4 is 21.4 Å². The number of carbonyl (C=O) groups is 1. The topological polar surface area (TPSA) is 54.5 Å². The van der Waals surface area contributed by atoms with Gasteiger partial charge in [-0.2, -0.15) is 0 Å². The van der Waals surface area contributed by atoms with Gasteiger partial charge in [-0.1, -0.05) is 23.3 Å². The molecule has 0 atom stereocenters. The molecule has 0 bridgehead atoms. The Labute approximate surface area is 143 Å². The van der Waals surface area contributed by atoms with Gasteiger partial charge in [-0.15, -0.1) is 0 Å². The Hall–Kier alpha value is -2.14. The lowest BCUT2D eigenvalue weighted by atomic mass is 10.00. The third-order valence-electron chi connectivity index (χ3n) is 4.32. The first kappa shape index (κ1) is 16.7. The zero-order valence-corrected chi connectivity index (χ0v) is 15.0. The summed E-state index contributed by atoms with van der Waals surface area (Å²) in [5, 5.41) is 0. The van der Waals surface area contributed by atoms with Gasteiger partial charge in [0.2, 0.25) is 0 Å². The number of aryl methyl sites for hydroxylation is 3. The number of hydrogen-bond donors (Lipinski definition) is 0. The molecule has 5 heteroatoms. The highest BCUT2D eigenvalue weighted by molar-refractivity contribution is 7.90. The second kappa shape index (κ2) is 6.06. The number of carbonyl (C=O) groups excluding carboxylic acids is 1. The zero-order valence-electron chi connectivity index (χ0n) is 14.2. The fraction of sp³-hybridized carbons (Fsp3) is 0.316. The van der Waals surface area contributed by atoms with Crippen molar-refractivity contribution in [1.82, 2.24) is 0 Å². The Bertz CT molecular complexity index is 896. The highest BCUT2D eigenvalue weighted by atomic mass is 32.2. The number of hydrogen-bond acceptors (Lipinski definition) is 3. The summed E-state index contributed by atoms with van der Waals surface area (Å²) in [4.78, 5) is 15.0. The first-order chi connectivity index (χ1) is 11.3. The molecule has 0 N–H and O–H groups in total. The van der Waals surface area contributed by atoms with E-state index in [2.05, 4.69) is 0 Å². The molecule has 1 amide bonds. The second-order valence-corrected chi connectivity index (χ2v) is 8.52. The molecular weight excluding hydrogens is 322 g/mol. The number of amides is 1. The molecule has 126 valence electrons. The van der Waals surface area contributed by atoms with Gasteiger partial charge in [-0.25, -0.2) is 8.42 Å². The van der Waals surface area contributed by atoms with Crippen molar-refractivity contribution < 1.29 is 13.2 Å². The van der Waals surface area contributed by atoms with E-state index in [4.69, 9.17) is 0 Å². The van der Waals surface area contributed by atoms with Crippen molar-refractivity contribution in [3.63, 3.8) is 0 Å². The zero-order chi connectivity index (χ0) is 17.5. The van der Waals surface area contributed by atoms with Crippen molar-refractivity contribution in [2.75, 3.05) is 17.7 Å². The van der Waals surface area contributed by atoms with Crippen LogP contribution in [0.3, 0.4) is 0 Å². The maximum Gasteiger partial charge on any atom is 0.258 e. The molecule has 0 spiro atoms. The monoisotopic (exact) mass is 343 g/mol. The molecule has 0 saturated heterocycles. The van der Waals surface area contributed by atoms with Crippen LogP contribution in [0, 0.1) is 13.8 Å². The van der Waals surface area contributed by atoms with Crippen molar-refractivity contribution in [2.24, 2.45) is 0 Å². The molecule has 0 radical (unpaired) electrons. The van der Waals surface area contributed by atoms with Crippen molar-refractivity contribution in [1.29, 1.82) is 0 Å². The van der Waals surface area contributed by atoms with Crippen LogP contribution in [0.5, 0.6) is 0 Å². The van der Waals surface area contributed by atoms with Gasteiger partial charge in [0.05, 0.1) is 4.90 Å². The van der Waals surface area contributed by atoms with Gasteiger partial charge < -0.3 is 4.90 Å². The molecule has 0 fully saturated rings. The minimum atomic E-state index is -3.30. The molecule has 0 saturated carbocycles. The van der Waals surface area contributed by atoms with E-state index in [0.29, 0.717) is 17.8 Å². The molecule has 4 nitrogen and oxygen atoms in total. The molecule has 1 heterocycles. The van der Waals surface area contributed by atoms with E-state index in [1.54, 1.807) is 17.0 Å². The van der Waals surface area contributed by atoms with E-state index < -0.39 is 9.84 Å². The fourth-order valence-corrected chi connectivity index (χ4v) is 3.89. The Kier molecular flexibility index (Phi) is 4.22. The van der Waals surface area contributed by atoms with Crippen LogP contribution in [0.1, 0.15) is 33.5 Å². The SMILES string of the molecule is Cc1cc(C)cc(C(=O)N2CCCc3ccc(S(C)(=O)=O)cc32)c1. The van der Waals surface area contributed by atoms with Crippen molar-refractivity contribution in [2.45, 2.75) is 31.6 Å². The largest absolute Gasteiger partial charge is 0.308 e. The van der Waals surface area contributed by atoms with E-state index in [0.717, 1.165) is 29.5 Å². The lowest BCUT2D eigenvalue weighted by molar-refractivity contribution is 0.0985. The lowest BCUT2D eigenvalue weighted by Crippen LogP contribution is -2.35. The summed E-state index contributed by atoms with van der Waals surface area (Å²) in [6.07, 6.45) is 2.92. The molecule has 0 aliphatic carbocycles. The van der Waals surface area contributed by atoms with E-state index in [9.17, 15) is 13.2 Å². The first-order valence-electron chi connectivity index (χ1n) is 7.99.